The number of rotatable bonds is 8. The van der Waals surface area contributed by atoms with E-state index in [2.05, 4.69) is 5.32 Å². The highest BCUT2D eigenvalue weighted by atomic mass is 35.5. The molecule has 0 aliphatic carbocycles. The first-order valence-electron chi connectivity index (χ1n) is 6.28. The van der Waals surface area contributed by atoms with Crippen LogP contribution in [-0.4, -0.2) is 39.3 Å². The second-order valence-corrected chi connectivity index (χ2v) is 4.24. The number of hydrogen-bond acceptors (Lipinski definition) is 4. The Labute approximate surface area is 126 Å². The third-order valence-electron chi connectivity index (χ3n) is 2.95. The first-order valence-corrected chi connectivity index (χ1v) is 6.28. The summed E-state index contributed by atoms with van der Waals surface area (Å²) in [5.74, 6) is -0.0877. The predicted octanol–water partition coefficient (Wildman–Crippen LogP) is 1.28. The van der Waals surface area contributed by atoms with Gasteiger partial charge in [0.05, 0.1) is 18.6 Å². The summed E-state index contributed by atoms with van der Waals surface area (Å²) in [5.41, 5.74) is 6.51. The zero-order valence-corrected chi connectivity index (χ0v) is 12.7. The van der Waals surface area contributed by atoms with Crippen molar-refractivity contribution in [3.8, 4) is 0 Å². The molecule has 2 atom stereocenters. The smallest absolute Gasteiger partial charge is 0.222 e. The van der Waals surface area contributed by atoms with Gasteiger partial charge >= 0.3 is 0 Å². The van der Waals surface area contributed by atoms with E-state index in [-0.39, 0.29) is 36.9 Å². The van der Waals surface area contributed by atoms with Gasteiger partial charge in [-0.2, -0.15) is 0 Å². The topological polar surface area (TPSA) is 73.6 Å². The minimum Gasteiger partial charge on any atom is -0.380 e. The Kier molecular flexibility index (Phi) is 10.0. The number of carbonyl (C=O) groups is 1. The third-order valence-corrected chi connectivity index (χ3v) is 2.95. The van der Waals surface area contributed by atoms with Crippen molar-refractivity contribution in [3.05, 3.63) is 35.9 Å². The molecule has 0 fully saturated rings. The van der Waals surface area contributed by atoms with E-state index in [4.69, 9.17) is 15.2 Å². The second-order valence-electron chi connectivity index (χ2n) is 4.24. The maximum atomic E-state index is 11.7. The predicted molar refractivity (Wildman–Crippen MR) is 80.9 cm³/mol. The summed E-state index contributed by atoms with van der Waals surface area (Å²) in [6, 6.07) is 9.77. The molecule has 2 unspecified atom stereocenters. The van der Waals surface area contributed by atoms with E-state index in [0.29, 0.717) is 13.1 Å². The van der Waals surface area contributed by atoms with E-state index >= 15 is 0 Å². The van der Waals surface area contributed by atoms with Gasteiger partial charge in [0.15, 0.2) is 0 Å². The molecular weight excluding hydrogens is 280 g/mol. The van der Waals surface area contributed by atoms with Gasteiger partial charge in [0.25, 0.3) is 0 Å². The van der Waals surface area contributed by atoms with Gasteiger partial charge in [0.1, 0.15) is 0 Å². The Morgan fingerprint density at radius 2 is 1.90 bits per heavy atom. The summed E-state index contributed by atoms with van der Waals surface area (Å²) in [7, 11) is 3.17. The minimum atomic E-state index is -0.238. The van der Waals surface area contributed by atoms with E-state index < -0.39 is 0 Å². The van der Waals surface area contributed by atoms with Crippen LogP contribution in [0.2, 0.25) is 0 Å². The van der Waals surface area contributed by atoms with Crippen LogP contribution in [0.4, 0.5) is 0 Å². The highest BCUT2D eigenvalue weighted by Gasteiger charge is 2.14. The van der Waals surface area contributed by atoms with Crippen LogP contribution in [0.3, 0.4) is 0 Å². The lowest BCUT2D eigenvalue weighted by atomic mass is 10.1. The molecule has 0 aliphatic rings. The number of methoxy groups -OCH3 is 2. The fourth-order valence-electron chi connectivity index (χ4n) is 1.75. The fraction of sp³-hybridized carbons (Fsp3) is 0.500. The normalized spacial score (nSPS) is 13.2. The number of nitrogens with one attached hydrogen (secondary N) is 1. The van der Waals surface area contributed by atoms with Crippen molar-refractivity contribution in [2.75, 3.05) is 27.3 Å². The molecule has 20 heavy (non-hydrogen) atoms. The van der Waals surface area contributed by atoms with Crippen molar-refractivity contribution in [2.24, 2.45) is 5.73 Å². The molecule has 1 rings (SSSR count). The second kappa shape index (κ2) is 10.6. The van der Waals surface area contributed by atoms with Gasteiger partial charge in [0.2, 0.25) is 5.91 Å². The first kappa shape index (κ1) is 18.9. The van der Waals surface area contributed by atoms with Gasteiger partial charge in [-0.15, -0.1) is 12.4 Å². The molecule has 3 N–H and O–H groups in total. The SMILES string of the molecule is COC(CN)CC(=O)NCC(OC)c1ccccc1.Cl. The lowest BCUT2D eigenvalue weighted by Gasteiger charge is -2.18. The van der Waals surface area contributed by atoms with Crippen molar-refractivity contribution in [1.29, 1.82) is 0 Å². The van der Waals surface area contributed by atoms with Crippen LogP contribution in [0, 0.1) is 0 Å². The maximum absolute atomic E-state index is 11.7. The summed E-state index contributed by atoms with van der Waals surface area (Å²) < 4.78 is 10.4. The van der Waals surface area contributed by atoms with Crippen LogP contribution < -0.4 is 11.1 Å². The number of hydrogen-bond donors (Lipinski definition) is 2. The lowest BCUT2D eigenvalue weighted by molar-refractivity contribution is -0.123. The molecule has 0 saturated carbocycles. The summed E-state index contributed by atoms with van der Waals surface area (Å²) >= 11 is 0. The first-order chi connectivity index (χ1) is 9.21. The molecule has 0 aliphatic heterocycles. The molecular formula is C14H23ClN2O3. The van der Waals surface area contributed by atoms with Gasteiger partial charge in [-0.3, -0.25) is 4.79 Å². The standard InChI is InChI=1S/C14H22N2O3.ClH/c1-18-12(9-15)8-14(17)16-10-13(19-2)11-6-4-3-5-7-11;/h3-7,12-13H,8-10,15H2,1-2H3,(H,16,17);1H. The molecule has 0 spiro atoms. The van der Waals surface area contributed by atoms with Crippen LogP contribution >= 0.6 is 12.4 Å². The summed E-state index contributed by atoms with van der Waals surface area (Å²) in [4.78, 5) is 11.7. The van der Waals surface area contributed by atoms with Crippen molar-refractivity contribution in [2.45, 2.75) is 18.6 Å². The van der Waals surface area contributed by atoms with Crippen molar-refractivity contribution < 1.29 is 14.3 Å². The minimum absolute atomic E-state index is 0. The molecule has 5 nitrogen and oxygen atoms in total. The van der Waals surface area contributed by atoms with E-state index in [1.807, 2.05) is 30.3 Å². The summed E-state index contributed by atoms with van der Waals surface area (Å²) in [5, 5.41) is 2.83. The molecule has 1 aromatic carbocycles. The van der Waals surface area contributed by atoms with E-state index in [1.165, 1.54) is 0 Å². The number of amides is 1. The van der Waals surface area contributed by atoms with Gasteiger partial charge in [-0.25, -0.2) is 0 Å². The lowest BCUT2D eigenvalue weighted by Crippen LogP contribution is -2.34. The molecule has 1 amide bonds. The maximum Gasteiger partial charge on any atom is 0.222 e. The number of ether oxygens (including phenoxy) is 2. The molecule has 114 valence electrons. The zero-order valence-electron chi connectivity index (χ0n) is 11.9. The molecule has 0 radical (unpaired) electrons. The van der Waals surface area contributed by atoms with Crippen molar-refractivity contribution in [1.82, 2.24) is 5.32 Å². The Balaban J connectivity index is 0.00000361. The van der Waals surface area contributed by atoms with Crippen LogP contribution in [0.15, 0.2) is 30.3 Å². The number of nitrogens with two attached hydrogens (primary N) is 1. The van der Waals surface area contributed by atoms with Crippen LogP contribution in [-0.2, 0) is 14.3 Å². The highest BCUT2D eigenvalue weighted by molar-refractivity contribution is 5.85. The quantitative estimate of drug-likeness (QED) is 0.758. The van der Waals surface area contributed by atoms with E-state index in [1.54, 1.807) is 14.2 Å². The zero-order chi connectivity index (χ0) is 14.1. The van der Waals surface area contributed by atoms with E-state index in [9.17, 15) is 4.79 Å². The van der Waals surface area contributed by atoms with Crippen molar-refractivity contribution in [3.63, 3.8) is 0 Å². The monoisotopic (exact) mass is 302 g/mol. The van der Waals surface area contributed by atoms with Crippen molar-refractivity contribution >= 4 is 18.3 Å². The largest absolute Gasteiger partial charge is 0.380 e. The molecule has 6 heteroatoms. The average Bonchev–Trinajstić information content (AvgIpc) is 2.46. The fourth-order valence-corrected chi connectivity index (χ4v) is 1.75. The van der Waals surface area contributed by atoms with Gasteiger partial charge in [-0.1, -0.05) is 30.3 Å². The molecule has 0 aromatic heterocycles. The van der Waals surface area contributed by atoms with E-state index in [0.717, 1.165) is 5.56 Å². The Morgan fingerprint density at radius 1 is 1.25 bits per heavy atom. The number of carbonyl (C=O) groups excluding carboxylic acids is 1. The van der Waals surface area contributed by atoms with Crippen LogP contribution in [0.1, 0.15) is 18.1 Å². The molecule has 0 heterocycles. The number of halogens is 1. The molecule has 0 saturated heterocycles. The Bertz CT molecular complexity index is 372. The van der Waals surface area contributed by atoms with Gasteiger partial charge in [-0.05, 0) is 5.56 Å². The van der Waals surface area contributed by atoms with Gasteiger partial charge in [0, 0.05) is 27.3 Å². The molecule has 1 aromatic rings. The summed E-state index contributed by atoms with van der Waals surface area (Å²) in [6.07, 6.45) is -0.125. The van der Waals surface area contributed by atoms with Crippen LogP contribution in [0.25, 0.3) is 0 Å². The highest BCUT2D eigenvalue weighted by Crippen LogP contribution is 2.14. The Morgan fingerprint density at radius 3 is 2.40 bits per heavy atom. The third kappa shape index (κ3) is 6.34. The summed E-state index contributed by atoms with van der Waals surface area (Å²) in [6.45, 7) is 0.761. The number of benzene rings is 1. The van der Waals surface area contributed by atoms with Gasteiger partial charge < -0.3 is 20.5 Å². The average molecular weight is 303 g/mol. The molecule has 0 bridgehead atoms. The van der Waals surface area contributed by atoms with Crippen LogP contribution in [0.5, 0.6) is 0 Å². The Hall–Kier alpha value is -1.14.